The molecule has 6 heteroatoms. The number of carboxylic acids is 1. The van der Waals surface area contributed by atoms with Crippen molar-refractivity contribution >= 4 is 17.6 Å². The van der Waals surface area contributed by atoms with Gasteiger partial charge in [-0.2, -0.15) is 0 Å². The fourth-order valence-corrected chi connectivity index (χ4v) is 1.95. The van der Waals surface area contributed by atoms with Gasteiger partial charge in [0.15, 0.2) is 11.6 Å². The number of ether oxygens (including phenoxy) is 2. The van der Waals surface area contributed by atoms with Crippen LogP contribution in [0, 0.1) is 5.82 Å². The van der Waals surface area contributed by atoms with Crippen molar-refractivity contribution in [2.24, 2.45) is 0 Å². The lowest BCUT2D eigenvalue weighted by molar-refractivity contribution is 0.0691. The SMILES string of the molecule is COc1cccc(COc2ccc(Cl)cc2C(=O)O)c1F. The van der Waals surface area contributed by atoms with Crippen LogP contribution >= 0.6 is 11.6 Å². The molecule has 0 atom stereocenters. The minimum absolute atomic E-state index is 0.0780. The summed E-state index contributed by atoms with van der Waals surface area (Å²) in [5.41, 5.74) is 0.187. The highest BCUT2D eigenvalue weighted by Gasteiger charge is 2.14. The van der Waals surface area contributed by atoms with E-state index in [1.807, 2.05) is 0 Å². The Balaban J connectivity index is 2.23. The van der Waals surface area contributed by atoms with E-state index in [9.17, 15) is 9.18 Å². The lowest BCUT2D eigenvalue weighted by Gasteiger charge is -2.11. The van der Waals surface area contributed by atoms with Crippen LogP contribution in [0.3, 0.4) is 0 Å². The molecule has 0 amide bonds. The van der Waals surface area contributed by atoms with Gasteiger partial charge in [-0.3, -0.25) is 0 Å². The quantitative estimate of drug-likeness (QED) is 0.913. The summed E-state index contributed by atoms with van der Waals surface area (Å²) >= 11 is 5.75. The molecular weight excluding hydrogens is 299 g/mol. The Morgan fingerprint density at radius 2 is 2.05 bits per heavy atom. The molecule has 1 N–H and O–H groups in total. The molecule has 0 bridgehead atoms. The third-order valence-corrected chi connectivity index (χ3v) is 3.05. The van der Waals surface area contributed by atoms with Crippen LogP contribution in [-0.2, 0) is 6.61 Å². The van der Waals surface area contributed by atoms with Gasteiger partial charge in [-0.15, -0.1) is 0 Å². The number of hydrogen-bond acceptors (Lipinski definition) is 3. The summed E-state index contributed by atoms with van der Waals surface area (Å²) in [5.74, 6) is -1.48. The molecule has 21 heavy (non-hydrogen) atoms. The van der Waals surface area contributed by atoms with E-state index in [4.69, 9.17) is 26.2 Å². The summed E-state index contributed by atoms with van der Waals surface area (Å²) in [6, 6.07) is 8.87. The number of hydrogen-bond donors (Lipinski definition) is 1. The van der Waals surface area contributed by atoms with Crippen molar-refractivity contribution in [3.63, 3.8) is 0 Å². The predicted molar refractivity (Wildman–Crippen MR) is 75.7 cm³/mol. The topological polar surface area (TPSA) is 55.8 Å². The molecule has 2 aromatic carbocycles. The van der Waals surface area contributed by atoms with Crippen molar-refractivity contribution in [1.29, 1.82) is 0 Å². The van der Waals surface area contributed by atoms with Gasteiger partial charge in [0.2, 0.25) is 0 Å². The molecule has 0 fully saturated rings. The second-order valence-corrected chi connectivity index (χ2v) is 4.60. The van der Waals surface area contributed by atoms with E-state index in [2.05, 4.69) is 0 Å². The Hall–Kier alpha value is -2.27. The van der Waals surface area contributed by atoms with Crippen molar-refractivity contribution in [1.82, 2.24) is 0 Å². The second kappa shape index (κ2) is 6.45. The average molecular weight is 311 g/mol. The van der Waals surface area contributed by atoms with Gasteiger partial charge in [0, 0.05) is 10.6 Å². The van der Waals surface area contributed by atoms with Crippen LogP contribution in [0.15, 0.2) is 36.4 Å². The maximum atomic E-state index is 14.0. The van der Waals surface area contributed by atoms with Gasteiger partial charge in [0.25, 0.3) is 0 Å². The van der Waals surface area contributed by atoms with Crippen LogP contribution in [0.1, 0.15) is 15.9 Å². The van der Waals surface area contributed by atoms with Crippen molar-refractivity contribution < 1.29 is 23.8 Å². The van der Waals surface area contributed by atoms with Crippen LogP contribution in [0.25, 0.3) is 0 Å². The van der Waals surface area contributed by atoms with Crippen LogP contribution in [0.4, 0.5) is 4.39 Å². The van der Waals surface area contributed by atoms with Crippen molar-refractivity contribution in [3.8, 4) is 11.5 Å². The maximum absolute atomic E-state index is 14.0. The number of halogens is 2. The molecule has 0 spiro atoms. The third kappa shape index (κ3) is 3.44. The molecule has 0 aromatic heterocycles. The Bertz CT molecular complexity index is 673. The first-order valence-electron chi connectivity index (χ1n) is 6.00. The zero-order chi connectivity index (χ0) is 15.4. The fraction of sp³-hybridized carbons (Fsp3) is 0.133. The van der Waals surface area contributed by atoms with Gasteiger partial charge < -0.3 is 14.6 Å². The summed E-state index contributed by atoms with van der Waals surface area (Å²) in [6.07, 6.45) is 0. The number of rotatable bonds is 5. The summed E-state index contributed by atoms with van der Waals surface area (Å²) in [6.45, 7) is -0.120. The number of methoxy groups -OCH3 is 1. The molecule has 0 saturated carbocycles. The molecule has 0 heterocycles. The fourth-order valence-electron chi connectivity index (χ4n) is 1.78. The van der Waals surface area contributed by atoms with Gasteiger partial charge in [0.1, 0.15) is 17.9 Å². The third-order valence-electron chi connectivity index (χ3n) is 2.82. The van der Waals surface area contributed by atoms with E-state index in [0.717, 1.165) is 0 Å². The van der Waals surface area contributed by atoms with E-state index in [0.29, 0.717) is 0 Å². The van der Waals surface area contributed by atoms with Gasteiger partial charge >= 0.3 is 5.97 Å². The second-order valence-electron chi connectivity index (χ2n) is 4.17. The van der Waals surface area contributed by atoms with Crippen molar-refractivity contribution in [3.05, 3.63) is 58.4 Å². The molecule has 0 saturated heterocycles. The van der Waals surface area contributed by atoms with Crippen molar-refractivity contribution in [2.75, 3.05) is 7.11 Å². The molecule has 2 rings (SSSR count). The molecule has 0 aliphatic carbocycles. The number of carboxylic acid groups (broad SMARTS) is 1. The largest absolute Gasteiger partial charge is 0.494 e. The predicted octanol–water partition coefficient (Wildman–Crippen LogP) is 3.76. The van der Waals surface area contributed by atoms with E-state index in [-0.39, 0.29) is 34.3 Å². The minimum atomic E-state index is -1.17. The van der Waals surface area contributed by atoms with E-state index in [1.54, 1.807) is 6.07 Å². The van der Waals surface area contributed by atoms with Gasteiger partial charge in [-0.05, 0) is 24.3 Å². The summed E-state index contributed by atoms with van der Waals surface area (Å²) in [5, 5.41) is 9.38. The van der Waals surface area contributed by atoms with Crippen LogP contribution in [-0.4, -0.2) is 18.2 Å². The minimum Gasteiger partial charge on any atom is -0.494 e. The molecule has 0 aliphatic heterocycles. The van der Waals surface area contributed by atoms with Crippen LogP contribution in [0.5, 0.6) is 11.5 Å². The first-order chi connectivity index (χ1) is 10.0. The molecule has 0 unspecified atom stereocenters. The van der Waals surface area contributed by atoms with Crippen LogP contribution < -0.4 is 9.47 Å². The lowest BCUT2D eigenvalue weighted by Crippen LogP contribution is -2.05. The number of benzene rings is 2. The number of aromatic carboxylic acids is 1. The molecule has 110 valence electrons. The normalized spacial score (nSPS) is 10.2. The molecule has 4 nitrogen and oxygen atoms in total. The first-order valence-corrected chi connectivity index (χ1v) is 6.37. The first kappa shape index (κ1) is 15.1. The summed E-state index contributed by atoms with van der Waals surface area (Å²) < 4.78 is 24.2. The molecule has 2 aromatic rings. The van der Waals surface area contributed by atoms with Gasteiger partial charge in [-0.25, -0.2) is 9.18 Å². The number of carbonyl (C=O) groups is 1. The van der Waals surface area contributed by atoms with E-state index < -0.39 is 11.8 Å². The Morgan fingerprint density at radius 1 is 1.29 bits per heavy atom. The van der Waals surface area contributed by atoms with Gasteiger partial charge in [0.05, 0.1) is 7.11 Å². The molecule has 0 aliphatic rings. The smallest absolute Gasteiger partial charge is 0.339 e. The van der Waals surface area contributed by atoms with E-state index in [1.165, 1.54) is 37.4 Å². The van der Waals surface area contributed by atoms with Crippen molar-refractivity contribution in [2.45, 2.75) is 6.61 Å². The maximum Gasteiger partial charge on any atom is 0.339 e. The Labute approximate surface area is 125 Å². The highest BCUT2D eigenvalue weighted by Crippen LogP contribution is 2.25. The highest BCUT2D eigenvalue weighted by atomic mass is 35.5. The monoisotopic (exact) mass is 310 g/mol. The Kier molecular flexibility index (Phi) is 4.65. The lowest BCUT2D eigenvalue weighted by atomic mass is 10.2. The summed E-state index contributed by atoms with van der Waals surface area (Å²) in [4.78, 5) is 11.1. The van der Waals surface area contributed by atoms with Gasteiger partial charge in [-0.1, -0.05) is 23.7 Å². The average Bonchev–Trinajstić information content (AvgIpc) is 2.47. The standard InChI is InChI=1S/C15H12ClFO4/c1-20-13-4-2-3-9(14(13)17)8-21-12-6-5-10(16)7-11(12)15(18)19/h2-7H,8H2,1H3,(H,18,19). The van der Waals surface area contributed by atoms with E-state index >= 15 is 0 Å². The molecular formula is C15H12ClFO4. The molecule has 0 radical (unpaired) electrons. The zero-order valence-electron chi connectivity index (χ0n) is 11.1. The summed E-state index contributed by atoms with van der Waals surface area (Å²) in [7, 11) is 1.37. The Morgan fingerprint density at radius 3 is 2.71 bits per heavy atom. The van der Waals surface area contributed by atoms with Crippen LogP contribution in [0.2, 0.25) is 5.02 Å². The highest BCUT2D eigenvalue weighted by molar-refractivity contribution is 6.31. The zero-order valence-corrected chi connectivity index (χ0v) is 11.9.